The lowest BCUT2D eigenvalue weighted by Crippen LogP contribution is -2.49. The molecule has 1 amide bonds. The first kappa shape index (κ1) is 17.0. The molecule has 0 N–H and O–H groups in total. The summed E-state index contributed by atoms with van der Waals surface area (Å²) >= 11 is 0. The van der Waals surface area contributed by atoms with Gasteiger partial charge in [-0.15, -0.1) is 0 Å². The SMILES string of the molecule is O=C(c1ccccc1[N+](=O)[O-])N1CCN(CCc2ccccn2)CC1. The second-order valence-corrected chi connectivity index (χ2v) is 5.98. The van der Waals surface area contributed by atoms with Gasteiger partial charge in [0.25, 0.3) is 11.6 Å². The second kappa shape index (κ2) is 7.85. The van der Waals surface area contributed by atoms with Gasteiger partial charge in [-0.3, -0.25) is 24.8 Å². The molecule has 1 aliphatic rings. The van der Waals surface area contributed by atoms with Gasteiger partial charge in [-0.1, -0.05) is 18.2 Å². The lowest BCUT2D eigenvalue weighted by atomic mass is 10.1. The van der Waals surface area contributed by atoms with E-state index in [1.165, 1.54) is 12.1 Å². The van der Waals surface area contributed by atoms with Crippen LogP contribution in [-0.2, 0) is 6.42 Å². The summed E-state index contributed by atoms with van der Waals surface area (Å²) in [6.07, 6.45) is 2.66. The normalized spacial score (nSPS) is 15.1. The van der Waals surface area contributed by atoms with Crippen LogP contribution in [0.2, 0.25) is 0 Å². The van der Waals surface area contributed by atoms with E-state index in [9.17, 15) is 14.9 Å². The Labute approximate surface area is 146 Å². The topological polar surface area (TPSA) is 79.6 Å². The smallest absolute Gasteiger partial charge is 0.282 e. The molecule has 1 aromatic heterocycles. The third-order valence-electron chi connectivity index (χ3n) is 4.40. The van der Waals surface area contributed by atoms with Crippen LogP contribution in [0.5, 0.6) is 0 Å². The van der Waals surface area contributed by atoms with Crippen molar-refractivity contribution in [3.8, 4) is 0 Å². The number of hydrogen-bond donors (Lipinski definition) is 0. The molecule has 0 aliphatic carbocycles. The van der Waals surface area contributed by atoms with E-state index in [0.29, 0.717) is 13.1 Å². The third kappa shape index (κ3) is 4.19. The number of amides is 1. The number of nitrogens with zero attached hydrogens (tertiary/aromatic N) is 4. The quantitative estimate of drug-likeness (QED) is 0.614. The Morgan fingerprint density at radius 2 is 1.80 bits per heavy atom. The lowest BCUT2D eigenvalue weighted by molar-refractivity contribution is -0.385. The highest BCUT2D eigenvalue weighted by Crippen LogP contribution is 2.20. The van der Waals surface area contributed by atoms with E-state index in [1.807, 2.05) is 18.2 Å². The monoisotopic (exact) mass is 340 g/mol. The molecule has 1 fully saturated rings. The molecule has 0 radical (unpaired) electrons. The maximum Gasteiger partial charge on any atom is 0.282 e. The molecule has 7 nitrogen and oxygen atoms in total. The molecular weight excluding hydrogens is 320 g/mol. The number of carbonyl (C=O) groups excluding carboxylic acids is 1. The average Bonchev–Trinajstić information content (AvgIpc) is 2.67. The number of aromatic nitrogens is 1. The van der Waals surface area contributed by atoms with Crippen LogP contribution in [-0.4, -0.2) is 58.3 Å². The van der Waals surface area contributed by atoms with Gasteiger partial charge in [0, 0.05) is 57.1 Å². The number of piperazine rings is 1. The van der Waals surface area contributed by atoms with Gasteiger partial charge in [0.1, 0.15) is 5.56 Å². The average molecular weight is 340 g/mol. The highest BCUT2D eigenvalue weighted by molar-refractivity contribution is 5.98. The Bertz CT molecular complexity index is 743. The Balaban J connectivity index is 1.55. The molecule has 0 atom stereocenters. The zero-order chi connectivity index (χ0) is 17.6. The van der Waals surface area contributed by atoms with Gasteiger partial charge < -0.3 is 4.90 Å². The summed E-state index contributed by atoms with van der Waals surface area (Å²) in [5.41, 5.74) is 1.08. The second-order valence-electron chi connectivity index (χ2n) is 5.98. The molecule has 0 bridgehead atoms. The number of carbonyl (C=O) groups is 1. The molecule has 1 aromatic carbocycles. The molecular formula is C18H20N4O3. The fourth-order valence-electron chi connectivity index (χ4n) is 2.98. The highest BCUT2D eigenvalue weighted by atomic mass is 16.6. The summed E-state index contributed by atoms with van der Waals surface area (Å²) < 4.78 is 0. The number of benzene rings is 1. The zero-order valence-corrected chi connectivity index (χ0v) is 13.9. The van der Waals surface area contributed by atoms with Gasteiger partial charge in [-0.25, -0.2) is 0 Å². The molecule has 0 unspecified atom stereocenters. The van der Waals surface area contributed by atoms with E-state index in [0.717, 1.165) is 31.7 Å². The Kier molecular flexibility index (Phi) is 5.35. The predicted octanol–water partition coefficient (Wildman–Crippen LogP) is 1.99. The van der Waals surface area contributed by atoms with Crippen molar-refractivity contribution in [3.63, 3.8) is 0 Å². The van der Waals surface area contributed by atoms with E-state index in [1.54, 1.807) is 23.2 Å². The Morgan fingerprint density at radius 1 is 1.08 bits per heavy atom. The Hall–Kier alpha value is -2.80. The molecule has 2 heterocycles. The lowest BCUT2D eigenvalue weighted by Gasteiger charge is -2.34. The van der Waals surface area contributed by atoms with Crippen molar-refractivity contribution in [3.05, 3.63) is 70.0 Å². The molecule has 3 rings (SSSR count). The molecule has 25 heavy (non-hydrogen) atoms. The van der Waals surface area contributed by atoms with Crippen molar-refractivity contribution < 1.29 is 9.72 Å². The van der Waals surface area contributed by atoms with Crippen molar-refractivity contribution >= 4 is 11.6 Å². The molecule has 130 valence electrons. The van der Waals surface area contributed by atoms with E-state index in [4.69, 9.17) is 0 Å². The van der Waals surface area contributed by atoms with Crippen LogP contribution in [0.3, 0.4) is 0 Å². The molecule has 2 aromatic rings. The summed E-state index contributed by atoms with van der Waals surface area (Å²) in [6.45, 7) is 3.57. The molecule has 7 heteroatoms. The summed E-state index contributed by atoms with van der Waals surface area (Å²) in [5.74, 6) is -0.267. The number of para-hydroxylation sites is 1. The van der Waals surface area contributed by atoms with Crippen LogP contribution in [0.4, 0.5) is 5.69 Å². The first-order valence-electron chi connectivity index (χ1n) is 8.30. The number of hydrogen-bond acceptors (Lipinski definition) is 5. The van der Waals surface area contributed by atoms with Crippen LogP contribution < -0.4 is 0 Å². The summed E-state index contributed by atoms with van der Waals surface area (Å²) in [5, 5.41) is 11.1. The van der Waals surface area contributed by atoms with E-state index >= 15 is 0 Å². The number of rotatable bonds is 5. The van der Waals surface area contributed by atoms with E-state index in [2.05, 4.69) is 9.88 Å². The predicted molar refractivity (Wildman–Crippen MR) is 93.4 cm³/mol. The fourth-order valence-corrected chi connectivity index (χ4v) is 2.98. The van der Waals surface area contributed by atoms with Gasteiger partial charge in [0.05, 0.1) is 4.92 Å². The van der Waals surface area contributed by atoms with Crippen molar-refractivity contribution in [2.24, 2.45) is 0 Å². The first-order valence-corrected chi connectivity index (χ1v) is 8.30. The van der Waals surface area contributed by atoms with Gasteiger partial charge in [-0.2, -0.15) is 0 Å². The van der Waals surface area contributed by atoms with Gasteiger partial charge >= 0.3 is 0 Å². The van der Waals surface area contributed by atoms with Crippen LogP contribution in [0.25, 0.3) is 0 Å². The number of nitro groups is 1. The van der Waals surface area contributed by atoms with Gasteiger partial charge in [-0.05, 0) is 18.2 Å². The van der Waals surface area contributed by atoms with Crippen LogP contribution >= 0.6 is 0 Å². The summed E-state index contributed by atoms with van der Waals surface area (Å²) in [4.78, 5) is 31.5. The highest BCUT2D eigenvalue weighted by Gasteiger charge is 2.26. The van der Waals surface area contributed by atoms with Gasteiger partial charge in [0.2, 0.25) is 0 Å². The van der Waals surface area contributed by atoms with Crippen LogP contribution in [0.15, 0.2) is 48.7 Å². The molecule has 0 saturated carbocycles. The molecule has 1 saturated heterocycles. The fraction of sp³-hybridized carbons (Fsp3) is 0.333. The first-order chi connectivity index (χ1) is 12.1. The van der Waals surface area contributed by atoms with E-state index < -0.39 is 4.92 Å². The number of pyridine rings is 1. The third-order valence-corrected chi connectivity index (χ3v) is 4.40. The van der Waals surface area contributed by atoms with Crippen molar-refractivity contribution in [1.29, 1.82) is 0 Å². The maximum atomic E-state index is 12.6. The van der Waals surface area contributed by atoms with Crippen molar-refractivity contribution in [2.75, 3.05) is 32.7 Å². The Morgan fingerprint density at radius 3 is 2.48 bits per heavy atom. The minimum atomic E-state index is -0.504. The number of nitro benzene ring substituents is 1. The molecule has 1 aliphatic heterocycles. The largest absolute Gasteiger partial charge is 0.336 e. The van der Waals surface area contributed by atoms with Gasteiger partial charge in [0.15, 0.2) is 0 Å². The zero-order valence-electron chi connectivity index (χ0n) is 13.9. The maximum absolute atomic E-state index is 12.6. The van der Waals surface area contributed by atoms with Crippen LogP contribution in [0, 0.1) is 10.1 Å². The molecule has 0 spiro atoms. The van der Waals surface area contributed by atoms with Crippen LogP contribution in [0.1, 0.15) is 16.1 Å². The van der Waals surface area contributed by atoms with Crippen molar-refractivity contribution in [2.45, 2.75) is 6.42 Å². The standard InChI is InChI=1S/C18H20N4O3/c23-18(16-6-1-2-7-17(16)22(24)25)21-13-11-20(12-14-21)10-8-15-5-3-4-9-19-15/h1-7,9H,8,10-14H2. The summed E-state index contributed by atoms with van der Waals surface area (Å²) in [6, 6.07) is 12.0. The van der Waals surface area contributed by atoms with Crippen molar-refractivity contribution in [1.82, 2.24) is 14.8 Å². The minimum Gasteiger partial charge on any atom is -0.336 e. The summed E-state index contributed by atoms with van der Waals surface area (Å²) in [7, 11) is 0. The minimum absolute atomic E-state index is 0.134. The van der Waals surface area contributed by atoms with E-state index in [-0.39, 0.29) is 17.2 Å².